The van der Waals surface area contributed by atoms with Crippen LogP contribution in [0.15, 0.2) is 34.8 Å². The SMILES string of the molecule is Cc1ccc(NC(=O)Nc2cc(Br)c(F)cc2C)cc1Cl. The Kier molecular flexibility index (Phi) is 4.85. The number of carbonyl (C=O) groups excluding carboxylic acids is 1. The molecule has 0 unspecified atom stereocenters. The van der Waals surface area contributed by atoms with Gasteiger partial charge in [-0.05, 0) is 65.2 Å². The Labute approximate surface area is 135 Å². The number of nitrogens with one attached hydrogen (secondary N) is 2. The molecule has 0 saturated heterocycles. The summed E-state index contributed by atoms with van der Waals surface area (Å²) < 4.78 is 13.6. The highest BCUT2D eigenvalue weighted by Gasteiger charge is 2.09. The number of carbonyl (C=O) groups is 1. The lowest BCUT2D eigenvalue weighted by molar-refractivity contribution is 0.262. The number of amides is 2. The zero-order valence-electron chi connectivity index (χ0n) is 11.4. The van der Waals surface area contributed by atoms with E-state index in [4.69, 9.17) is 11.6 Å². The largest absolute Gasteiger partial charge is 0.323 e. The van der Waals surface area contributed by atoms with Crippen LogP contribution in [0.2, 0.25) is 5.02 Å². The first-order valence-electron chi connectivity index (χ1n) is 6.16. The van der Waals surface area contributed by atoms with Crippen molar-refractivity contribution in [3.8, 4) is 0 Å². The van der Waals surface area contributed by atoms with Crippen molar-refractivity contribution in [2.45, 2.75) is 13.8 Å². The fourth-order valence-corrected chi connectivity index (χ4v) is 2.26. The molecule has 0 fully saturated rings. The maximum absolute atomic E-state index is 13.3. The average Bonchev–Trinajstić information content (AvgIpc) is 2.40. The third-order valence-corrected chi connectivity index (χ3v) is 3.96. The molecule has 0 aromatic heterocycles. The van der Waals surface area contributed by atoms with E-state index in [9.17, 15) is 9.18 Å². The first-order chi connectivity index (χ1) is 9.86. The number of rotatable bonds is 2. The van der Waals surface area contributed by atoms with Gasteiger partial charge in [0.15, 0.2) is 0 Å². The Bertz CT molecular complexity index is 706. The van der Waals surface area contributed by atoms with Crippen LogP contribution in [0.25, 0.3) is 0 Å². The normalized spacial score (nSPS) is 10.3. The minimum Gasteiger partial charge on any atom is -0.308 e. The quantitative estimate of drug-likeness (QED) is 0.719. The number of hydrogen-bond acceptors (Lipinski definition) is 1. The molecule has 6 heteroatoms. The molecule has 2 aromatic carbocycles. The van der Waals surface area contributed by atoms with E-state index in [0.717, 1.165) is 5.56 Å². The van der Waals surface area contributed by atoms with Gasteiger partial charge < -0.3 is 10.6 Å². The van der Waals surface area contributed by atoms with E-state index in [0.29, 0.717) is 26.4 Å². The summed E-state index contributed by atoms with van der Waals surface area (Å²) >= 11 is 9.09. The van der Waals surface area contributed by atoms with Crippen LogP contribution in [-0.4, -0.2) is 6.03 Å². The molecule has 0 saturated carbocycles. The van der Waals surface area contributed by atoms with Crippen molar-refractivity contribution in [2.24, 2.45) is 0 Å². The molecular formula is C15H13BrClFN2O. The predicted octanol–water partition coefficient (Wildman–Crippen LogP) is 5.50. The van der Waals surface area contributed by atoms with Crippen LogP contribution in [0.4, 0.5) is 20.6 Å². The smallest absolute Gasteiger partial charge is 0.308 e. The van der Waals surface area contributed by atoms with E-state index in [1.54, 1.807) is 19.1 Å². The third kappa shape index (κ3) is 3.95. The summed E-state index contributed by atoms with van der Waals surface area (Å²) in [6.07, 6.45) is 0. The first-order valence-corrected chi connectivity index (χ1v) is 7.33. The van der Waals surface area contributed by atoms with Crippen molar-refractivity contribution < 1.29 is 9.18 Å². The van der Waals surface area contributed by atoms with E-state index in [-0.39, 0.29) is 5.82 Å². The number of aryl methyl sites for hydroxylation is 2. The number of anilines is 2. The zero-order chi connectivity index (χ0) is 15.6. The van der Waals surface area contributed by atoms with Gasteiger partial charge in [-0.15, -0.1) is 0 Å². The summed E-state index contributed by atoms with van der Waals surface area (Å²) in [6.45, 7) is 3.60. The minimum absolute atomic E-state index is 0.293. The lowest BCUT2D eigenvalue weighted by Crippen LogP contribution is -2.20. The van der Waals surface area contributed by atoms with Crippen molar-refractivity contribution in [3.63, 3.8) is 0 Å². The second kappa shape index (κ2) is 6.45. The van der Waals surface area contributed by atoms with E-state index in [1.165, 1.54) is 12.1 Å². The molecule has 0 bridgehead atoms. The molecule has 0 heterocycles. The number of hydrogen-bond donors (Lipinski definition) is 2. The minimum atomic E-state index is -0.420. The topological polar surface area (TPSA) is 41.1 Å². The molecule has 2 N–H and O–H groups in total. The summed E-state index contributed by atoms with van der Waals surface area (Å²) in [5, 5.41) is 5.92. The van der Waals surface area contributed by atoms with Crippen LogP contribution in [0, 0.1) is 19.7 Å². The van der Waals surface area contributed by atoms with Crippen LogP contribution in [0.5, 0.6) is 0 Å². The van der Waals surface area contributed by atoms with E-state index in [1.807, 2.05) is 13.0 Å². The fraction of sp³-hybridized carbons (Fsp3) is 0.133. The molecule has 0 atom stereocenters. The average molecular weight is 372 g/mol. The van der Waals surface area contributed by atoms with Gasteiger partial charge >= 0.3 is 6.03 Å². The molecule has 0 radical (unpaired) electrons. The highest BCUT2D eigenvalue weighted by Crippen LogP contribution is 2.25. The molecule has 21 heavy (non-hydrogen) atoms. The monoisotopic (exact) mass is 370 g/mol. The van der Waals surface area contributed by atoms with Gasteiger partial charge in [0.25, 0.3) is 0 Å². The summed E-state index contributed by atoms with van der Waals surface area (Å²) in [5.41, 5.74) is 2.68. The molecule has 2 amide bonds. The van der Waals surface area contributed by atoms with Gasteiger partial charge in [0, 0.05) is 16.4 Å². The van der Waals surface area contributed by atoms with Gasteiger partial charge in [-0.3, -0.25) is 0 Å². The Morgan fingerprint density at radius 1 is 1.14 bits per heavy atom. The van der Waals surface area contributed by atoms with Crippen LogP contribution in [0.1, 0.15) is 11.1 Å². The molecule has 110 valence electrons. The maximum Gasteiger partial charge on any atom is 0.323 e. The standard InChI is InChI=1S/C15H13BrClFN2O/c1-8-3-4-10(6-12(8)17)19-15(21)20-14-7-11(16)13(18)5-9(14)2/h3-7H,1-2H3,(H2,19,20,21). The van der Waals surface area contributed by atoms with Crippen LogP contribution >= 0.6 is 27.5 Å². The van der Waals surface area contributed by atoms with Gasteiger partial charge in [0.1, 0.15) is 5.82 Å². The lowest BCUT2D eigenvalue weighted by atomic mass is 10.2. The fourth-order valence-electron chi connectivity index (χ4n) is 1.74. The second-order valence-electron chi connectivity index (χ2n) is 4.62. The highest BCUT2D eigenvalue weighted by molar-refractivity contribution is 9.10. The molecule has 0 aliphatic rings. The van der Waals surface area contributed by atoms with Crippen molar-refractivity contribution in [2.75, 3.05) is 10.6 Å². The van der Waals surface area contributed by atoms with Gasteiger partial charge in [-0.25, -0.2) is 9.18 Å². The third-order valence-electron chi connectivity index (χ3n) is 2.95. The number of halogens is 3. The molecule has 0 spiro atoms. The van der Waals surface area contributed by atoms with Crippen molar-refractivity contribution in [3.05, 3.63) is 56.8 Å². The maximum atomic E-state index is 13.3. The van der Waals surface area contributed by atoms with Crippen LogP contribution in [-0.2, 0) is 0 Å². The van der Waals surface area contributed by atoms with Gasteiger partial charge in [0.05, 0.1) is 4.47 Å². The molecule has 0 aliphatic carbocycles. The van der Waals surface area contributed by atoms with Crippen molar-refractivity contribution >= 4 is 44.9 Å². The Morgan fingerprint density at radius 3 is 2.52 bits per heavy atom. The first kappa shape index (κ1) is 15.8. The summed E-state index contributed by atoms with van der Waals surface area (Å²) in [7, 11) is 0. The second-order valence-corrected chi connectivity index (χ2v) is 5.89. The molecule has 2 rings (SSSR count). The summed E-state index contributed by atoms with van der Waals surface area (Å²) in [6, 6.07) is 7.70. The molecular weight excluding hydrogens is 359 g/mol. The number of benzene rings is 2. The highest BCUT2D eigenvalue weighted by atomic mass is 79.9. The Balaban J connectivity index is 2.11. The van der Waals surface area contributed by atoms with E-state index < -0.39 is 6.03 Å². The van der Waals surface area contributed by atoms with Gasteiger partial charge in [0.2, 0.25) is 0 Å². The lowest BCUT2D eigenvalue weighted by Gasteiger charge is -2.11. The zero-order valence-corrected chi connectivity index (χ0v) is 13.8. The van der Waals surface area contributed by atoms with E-state index in [2.05, 4.69) is 26.6 Å². The Hall–Kier alpha value is -1.59. The molecule has 0 aliphatic heterocycles. The number of urea groups is 1. The van der Waals surface area contributed by atoms with Crippen molar-refractivity contribution in [1.82, 2.24) is 0 Å². The van der Waals surface area contributed by atoms with Crippen molar-refractivity contribution in [1.29, 1.82) is 0 Å². The Morgan fingerprint density at radius 2 is 1.86 bits per heavy atom. The molecule has 2 aromatic rings. The van der Waals surface area contributed by atoms with Gasteiger partial charge in [-0.2, -0.15) is 0 Å². The van der Waals surface area contributed by atoms with Gasteiger partial charge in [-0.1, -0.05) is 17.7 Å². The van der Waals surface area contributed by atoms with E-state index >= 15 is 0 Å². The van der Waals surface area contributed by atoms with Crippen LogP contribution < -0.4 is 10.6 Å². The predicted molar refractivity (Wildman–Crippen MR) is 87.7 cm³/mol. The van der Waals surface area contributed by atoms with Crippen LogP contribution in [0.3, 0.4) is 0 Å². The molecule has 3 nitrogen and oxygen atoms in total. The summed E-state index contributed by atoms with van der Waals surface area (Å²) in [5.74, 6) is -0.372. The summed E-state index contributed by atoms with van der Waals surface area (Å²) in [4.78, 5) is 12.0.